The van der Waals surface area contributed by atoms with E-state index < -0.39 is 5.97 Å². The normalized spacial score (nSPS) is 20.4. The SMILES string of the molecule is COC(=O)c1ccc(NC(C)C2CCCO2)nn1. The van der Waals surface area contributed by atoms with Crippen molar-refractivity contribution in [2.45, 2.75) is 31.9 Å². The molecule has 0 amide bonds. The first-order valence-electron chi connectivity index (χ1n) is 6.01. The van der Waals surface area contributed by atoms with Crippen LogP contribution in [0.15, 0.2) is 12.1 Å². The van der Waals surface area contributed by atoms with Crippen molar-refractivity contribution in [3.05, 3.63) is 17.8 Å². The Hall–Kier alpha value is -1.69. The average Bonchev–Trinajstić information content (AvgIpc) is 2.92. The molecule has 2 heterocycles. The van der Waals surface area contributed by atoms with Gasteiger partial charge in [0.05, 0.1) is 19.3 Å². The first-order chi connectivity index (χ1) is 8.70. The lowest BCUT2D eigenvalue weighted by Crippen LogP contribution is -2.30. The van der Waals surface area contributed by atoms with Crippen molar-refractivity contribution in [2.24, 2.45) is 0 Å². The van der Waals surface area contributed by atoms with Gasteiger partial charge < -0.3 is 14.8 Å². The van der Waals surface area contributed by atoms with Gasteiger partial charge in [0, 0.05) is 6.61 Å². The number of ether oxygens (including phenoxy) is 2. The molecule has 2 atom stereocenters. The number of methoxy groups -OCH3 is 1. The summed E-state index contributed by atoms with van der Waals surface area (Å²) in [7, 11) is 1.32. The molecule has 0 spiro atoms. The minimum atomic E-state index is -0.485. The maximum Gasteiger partial charge on any atom is 0.358 e. The Kier molecular flexibility index (Phi) is 4.09. The molecule has 18 heavy (non-hydrogen) atoms. The van der Waals surface area contributed by atoms with Gasteiger partial charge in [-0.15, -0.1) is 10.2 Å². The van der Waals surface area contributed by atoms with Crippen LogP contribution in [-0.4, -0.2) is 42.0 Å². The fraction of sp³-hybridized carbons (Fsp3) is 0.583. The molecule has 2 rings (SSSR count). The summed E-state index contributed by atoms with van der Waals surface area (Å²) in [4.78, 5) is 11.2. The molecule has 6 nitrogen and oxygen atoms in total. The van der Waals surface area contributed by atoms with Crippen LogP contribution in [0.5, 0.6) is 0 Å². The third-order valence-electron chi connectivity index (χ3n) is 2.96. The largest absolute Gasteiger partial charge is 0.464 e. The number of esters is 1. The van der Waals surface area contributed by atoms with Crippen molar-refractivity contribution in [3.8, 4) is 0 Å². The van der Waals surface area contributed by atoms with Crippen LogP contribution in [0, 0.1) is 0 Å². The molecule has 0 bridgehead atoms. The second kappa shape index (κ2) is 5.77. The summed E-state index contributed by atoms with van der Waals surface area (Å²) in [6, 6.07) is 3.47. The van der Waals surface area contributed by atoms with Crippen molar-refractivity contribution >= 4 is 11.8 Å². The minimum absolute atomic E-state index is 0.172. The van der Waals surface area contributed by atoms with Gasteiger partial charge in [-0.2, -0.15) is 0 Å². The number of aromatic nitrogens is 2. The summed E-state index contributed by atoms with van der Waals surface area (Å²) >= 11 is 0. The minimum Gasteiger partial charge on any atom is -0.464 e. The molecule has 0 aliphatic carbocycles. The molecule has 0 radical (unpaired) electrons. The number of hydrogen-bond acceptors (Lipinski definition) is 6. The zero-order valence-corrected chi connectivity index (χ0v) is 10.5. The van der Waals surface area contributed by atoms with Crippen LogP contribution < -0.4 is 5.32 Å². The highest BCUT2D eigenvalue weighted by molar-refractivity contribution is 5.86. The van der Waals surface area contributed by atoms with Crippen LogP contribution in [0.2, 0.25) is 0 Å². The van der Waals surface area contributed by atoms with Gasteiger partial charge in [0.1, 0.15) is 5.82 Å². The van der Waals surface area contributed by atoms with E-state index in [0.717, 1.165) is 19.4 Å². The molecule has 2 unspecified atom stereocenters. The number of hydrogen-bond donors (Lipinski definition) is 1. The van der Waals surface area contributed by atoms with Crippen LogP contribution in [-0.2, 0) is 9.47 Å². The highest BCUT2D eigenvalue weighted by Gasteiger charge is 2.22. The van der Waals surface area contributed by atoms with Gasteiger partial charge >= 0.3 is 5.97 Å². The lowest BCUT2D eigenvalue weighted by Gasteiger charge is -2.20. The standard InChI is InChI=1S/C12H17N3O3/c1-8(10-4-3-7-18-10)13-11-6-5-9(14-15-11)12(16)17-2/h5-6,8,10H,3-4,7H2,1-2H3,(H,13,15). The lowest BCUT2D eigenvalue weighted by atomic mass is 10.1. The second-order valence-corrected chi connectivity index (χ2v) is 4.28. The smallest absolute Gasteiger partial charge is 0.358 e. The summed E-state index contributed by atoms with van der Waals surface area (Å²) in [6.07, 6.45) is 2.37. The lowest BCUT2D eigenvalue weighted by molar-refractivity contribution is 0.0592. The topological polar surface area (TPSA) is 73.3 Å². The average molecular weight is 251 g/mol. The zero-order chi connectivity index (χ0) is 13.0. The molecule has 1 saturated heterocycles. The quantitative estimate of drug-likeness (QED) is 0.812. The van der Waals surface area contributed by atoms with Crippen LogP contribution in [0.25, 0.3) is 0 Å². The van der Waals surface area contributed by atoms with Gasteiger partial charge in [-0.3, -0.25) is 0 Å². The van der Waals surface area contributed by atoms with E-state index in [-0.39, 0.29) is 17.8 Å². The third kappa shape index (κ3) is 2.95. The van der Waals surface area contributed by atoms with Crippen molar-refractivity contribution < 1.29 is 14.3 Å². The molecule has 1 N–H and O–H groups in total. The number of carbonyl (C=O) groups is 1. The number of nitrogens with one attached hydrogen (secondary N) is 1. The fourth-order valence-corrected chi connectivity index (χ4v) is 1.95. The first-order valence-corrected chi connectivity index (χ1v) is 6.01. The van der Waals surface area contributed by atoms with Crippen LogP contribution >= 0.6 is 0 Å². The fourth-order valence-electron chi connectivity index (χ4n) is 1.95. The van der Waals surface area contributed by atoms with Crippen LogP contribution in [0.3, 0.4) is 0 Å². The molecule has 98 valence electrons. The molecule has 6 heteroatoms. The molecular weight excluding hydrogens is 234 g/mol. The number of nitrogens with zero attached hydrogens (tertiary/aromatic N) is 2. The van der Waals surface area contributed by atoms with Crippen molar-refractivity contribution in [2.75, 3.05) is 19.0 Å². The molecular formula is C12H17N3O3. The molecule has 1 aliphatic rings. The van der Waals surface area contributed by atoms with E-state index in [2.05, 4.69) is 20.3 Å². The van der Waals surface area contributed by atoms with Crippen molar-refractivity contribution in [3.63, 3.8) is 0 Å². The van der Waals surface area contributed by atoms with E-state index in [9.17, 15) is 4.79 Å². The monoisotopic (exact) mass is 251 g/mol. The third-order valence-corrected chi connectivity index (χ3v) is 2.96. The zero-order valence-electron chi connectivity index (χ0n) is 10.5. The van der Waals surface area contributed by atoms with Crippen molar-refractivity contribution in [1.82, 2.24) is 10.2 Å². The number of rotatable bonds is 4. The van der Waals surface area contributed by atoms with Gasteiger partial charge in [0.2, 0.25) is 0 Å². The Morgan fingerprint density at radius 2 is 2.39 bits per heavy atom. The first kappa shape index (κ1) is 12.8. The summed E-state index contributed by atoms with van der Waals surface area (Å²) in [5, 5.41) is 11.0. The highest BCUT2D eigenvalue weighted by atomic mass is 16.5. The summed E-state index contributed by atoms with van der Waals surface area (Å²) in [6.45, 7) is 2.87. The van der Waals surface area contributed by atoms with E-state index in [1.807, 2.05) is 6.92 Å². The maximum absolute atomic E-state index is 11.2. The van der Waals surface area contributed by atoms with Gasteiger partial charge in [-0.25, -0.2) is 4.79 Å². The van der Waals surface area contributed by atoms with E-state index in [1.54, 1.807) is 12.1 Å². The van der Waals surface area contributed by atoms with Gasteiger partial charge in [-0.05, 0) is 31.9 Å². The summed E-state index contributed by atoms with van der Waals surface area (Å²) in [5.41, 5.74) is 0.202. The van der Waals surface area contributed by atoms with Gasteiger partial charge in [0.25, 0.3) is 0 Å². The molecule has 0 aromatic carbocycles. The van der Waals surface area contributed by atoms with E-state index in [4.69, 9.17) is 4.74 Å². The van der Waals surface area contributed by atoms with E-state index >= 15 is 0 Å². The predicted molar refractivity (Wildman–Crippen MR) is 65.4 cm³/mol. The predicted octanol–water partition coefficient (Wildman–Crippen LogP) is 1.24. The van der Waals surface area contributed by atoms with E-state index in [1.165, 1.54) is 7.11 Å². The Bertz CT molecular complexity index is 402. The summed E-state index contributed by atoms with van der Waals surface area (Å²) in [5.74, 6) is 0.145. The Labute approximate surface area is 106 Å². The van der Waals surface area contributed by atoms with Gasteiger partial charge in [0.15, 0.2) is 5.69 Å². The van der Waals surface area contributed by atoms with Crippen LogP contribution in [0.4, 0.5) is 5.82 Å². The highest BCUT2D eigenvalue weighted by Crippen LogP contribution is 2.18. The molecule has 0 saturated carbocycles. The van der Waals surface area contributed by atoms with Crippen molar-refractivity contribution in [1.29, 1.82) is 0 Å². The Balaban J connectivity index is 1.95. The van der Waals surface area contributed by atoms with Gasteiger partial charge in [-0.1, -0.05) is 0 Å². The maximum atomic E-state index is 11.2. The number of carbonyl (C=O) groups excluding carboxylic acids is 1. The Morgan fingerprint density at radius 3 is 2.94 bits per heavy atom. The Morgan fingerprint density at radius 1 is 1.56 bits per heavy atom. The number of anilines is 1. The summed E-state index contributed by atoms with van der Waals surface area (Å²) < 4.78 is 10.1. The second-order valence-electron chi connectivity index (χ2n) is 4.28. The molecule has 1 aromatic rings. The van der Waals surface area contributed by atoms with Crippen LogP contribution in [0.1, 0.15) is 30.3 Å². The molecule has 1 aliphatic heterocycles. The molecule has 1 fully saturated rings. The molecule has 1 aromatic heterocycles. The van der Waals surface area contributed by atoms with E-state index in [0.29, 0.717) is 5.82 Å².